The molecule has 0 aromatic carbocycles. The second-order valence-electron chi connectivity index (χ2n) is 2.65. The van der Waals surface area contributed by atoms with E-state index in [-0.39, 0.29) is 12.8 Å². The SMILES string of the molecule is O=C(O)[C@H]1CCOCC[C@@H]1F. The lowest BCUT2D eigenvalue weighted by atomic mass is 9.99. The zero-order valence-electron chi connectivity index (χ0n) is 6.12. The van der Waals surface area contributed by atoms with Gasteiger partial charge in [0, 0.05) is 19.6 Å². The Hall–Kier alpha value is -0.640. The highest BCUT2D eigenvalue weighted by molar-refractivity contribution is 5.70. The van der Waals surface area contributed by atoms with E-state index in [4.69, 9.17) is 9.84 Å². The smallest absolute Gasteiger partial charge is 0.309 e. The first-order valence-corrected chi connectivity index (χ1v) is 3.66. The largest absolute Gasteiger partial charge is 0.481 e. The molecule has 1 aliphatic heterocycles. The van der Waals surface area contributed by atoms with Crippen LogP contribution in [0, 0.1) is 5.92 Å². The van der Waals surface area contributed by atoms with Crippen LogP contribution in [0.4, 0.5) is 4.39 Å². The number of hydrogen-bond acceptors (Lipinski definition) is 2. The van der Waals surface area contributed by atoms with E-state index in [1.54, 1.807) is 0 Å². The summed E-state index contributed by atoms with van der Waals surface area (Å²) in [5, 5.41) is 8.54. The van der Waals surface area contributed by atoms with Gasteiger partial charge in [-0.25, -0.2) is 4.39 Å². The number of alkyl halides is 1. The first-order chi connectivity index (χ1) is 5.22. The van der Waals surface area contributed by atoms with E-state index in [9.17, 15) is 9.18 Å². The van der Waals surface area contributed by atoms with Crippen molar-refractivity contribution < 1.29 is 19.0 Å². The molecule has 0 unspecified atom stereocenters. The summed E-state index contributed by atoms with van der Waals surface area (Å²) >= 11 is 0. The minimum atomic E-state index is -1.24. The van der Waals surface area contributed by atoms with Crippen LogP contribution >= 0.6 is 0 Å². The molecule has 64 valence electrons. The molecule has 0 amide bonds. The number of halogens is 1. The molecule has 0 aromatic rings. The van der Waals surface area contributed by atoms with Gasteiger partial charge >= 0.3 is 5.97 Å². The molecule has 11 heavy (non-hydrogen) atoms. The number of carboxylic acid groups (broad SMARTS) is 1. The van der Waals surface area contributed by atoms with E-state index in [0.717, 1.165) is 0 Å². The molecule has 0 aromatic heterocycles. The summed E-state index contributed by atoms with van der Waals surface area (Å²) in [6.07, 6.45) is -0.747. The zero-order chi connectivity index (χ0) is 8.27. The van der Waals surface area contributed by atoms with Crippen molar-refractivity contribution >= 4 is 5.97 Å². The van der Waals surface area contributed by atoms with Gasteiger partial charge in [-0.3, -0.25) is 4.79 Å². The number of carbonyl (C=O) groups is 1. The van der Waals surface area contributed by atoms with E-state index in [2.05, 4.69) is 0 Å². The van der Waals surface area contributed by atoms with Crippen LogP contribution in [0.25, 0.3) is 0 Å². The highest BCUT2D eigenvalue weighted by Gasteiger charge is 2.29. The molecule has 1 N–H and O–H groups in total. The van der Waals surface area contributed by atoms with Crippen LogP contribution < -0.4 is 0 Å². The first-order valence-electron chi connectivity index (χ1n) is 3.66. The first kappa shape index (κ1) is 8.46. The summed E-state index contributed by atoms with van der Waals surface area (Å²) in [5.74, 6) is -1.92. The van der Waals surface area contributed by atoms with Crippen LogP contribution in [0.1, 0.15) is 12.8 Å². The molecule has 0 radical (unpaired) electrons. The van der Waals surface area contributed by atoms with E-state index < -0.39 is 18.1 Å². The van der Waals surface area contributed by atoms with Crippen LogP contribution in [0.5, 0.6) is 0 Å². The summed E-state index contributed by atoms with van der Waals surface area (Å²) < 4.78 is 17.8. The molecule has 1 rings (SSSR count). The average molecular weight is 162 g/mol. The Kier molecular flexibility index (Phi) is 2.82. The number of ether oxygens (including phenoxy) is 1. The molecule has 0 spiro atoms. The Balaban J connectivity index is 2.52. The summed E-state index contributed by atoms with van der Waals surface area (Å²) in [5.41, 5.74) is 0. The standard InChI is InChI=1S/C7H11FO3/c8-6-2-4-11-3-1-5(6)7(9)10/h5-6H,1-4H2,(H,9,10)/t5-,6-/m0/s1. The molecule has 0 aliphatic carbocycles. The summed E-state index contributed by atoms with van der Waals surface area (Å²) in [7, 11) is 0. The van der Waals surface area contributed by atoms with E-state index in [1.165, 1.54) is 0 Å². The van der Waals surface area contributed by atoms with Crippen LogP contribution in [0.15, 0.2) is 0 Å². The molecule has 1 saturated heterocycles. The Morgan fingerprint density at radius 2 is 2.09 bits per heavy atom. The minimum absolute atomic E-state index is 0.205. The second-order valence-corrected chi connectivity index (χ2v) is 2.65. The van der Waals surface area contributed by atoms with E-state index in [0.29, 0.717) is 13.2 Å². The maximum atomic E-state index is 12.9. The topological polar surface area (TPSA) is 46.5 Å². The molecule has 3 nitrogen and oxygen atoms in total. The molecule has 2 atom stereocenters. The summed E-state index contributed by atoms with van der Waals surface area (Å²) in [4.78, 5) is 10.4. The average Bonchev–Trinajstić information content (AvgIpc) is 2.13. The molecular weight excluding hydrogens is 151 g/mol. The van der Waals surface area contributed by atoms with Gasteiger partial charge in [0.05, 0.1) is 5.92 Å². The van der Waals surface area contributed by atoms with Crippen LogP contribution in [0.3, 0.4) is 0 Å². The van der Waals surface area contributed by atoms with Crippen molar-refractivity contribution in [2.75, 3.05) is 13.2 Å². The van der Waals surface area contributed by atoms with Gasteiger partial charge in [0.15, 0.2) is 0 Å². The lowest BCUT2D eigenvalue weighted by Gasteiger charge is -2.11. The van der Waals surface area contributed by atoms with Crippen molar-refractivity contribution in [3.05, 3.63) is 0 Å². The molecule has 0 bridgehead atoms. The van der Waals surface area contributed by atoms with Crippen molar-refractivity contribution in [3.63, 3.8) is 0 Å². The van der Waals surface area contributed by atoms with Gasteiger partial charge in [-0.2, -0.15) is 0 Å². The molecule has 1 heterocycles. The van der Waals surface area contributed by atoms with Gasteiger partial charge in [0.1, 0.15) is 6.17 Å². The molecule has 1 fully saturated rings. The second kappa shape index (κ2) is 3.67. The van der Waals surface area contributed by atoms with Crippen LogP contribution in [-0.2, 0) is 9.53 Å². The van der Waals surface area contributed by atoms with Gasteiger partial charge < -0.3 is 9.84 Å². The zero-order valence-corrected chi connectivity index (χ0v) is 6.12. The van der Waals surface area contributed by atoms with Gasteiger partial charge in [0.2, 0.25) is 0 Å². The lowest BCUT2D eigenvalue weighted by Crippen LogP contribution is -2.24. The van der Waals surface area contributed by atoms with Crippen LogP contribution in [0.2, 0.25) is 0 Å². The van der Waals surface area contributed by atoms with Crippen molar-refractivity contribution in [1.29, 1.82) is 0 Å². The maximum Gasteiger partial charge on any atom is 0.309 e. The normalized spacial score (nSPS) is 32.8. The number of carboxylic acids is 1. The fourth-order valence-electron chi connectivity index (χ4n) is 1.17. The number of rotatable bonds is 1. The van der Waals surface area contributed by atoms with Gasteiger partial charge in [-0.05, 0) is 6.42 Å². The molecule has 1 aliphatic rings. The van der Waals surface area contributed by atoms with Crippen LogP contribution in [-0.4, -0.2) is 30.5 Å². The fraction of sp³-hybridized carbons (Fsp3) is 0.857. The highest BCUT2D eigenvalue weighted by Crippen LogP contribution is 2.19. The van der Waals surface area contributed by atoms with Crippen molar-refractivity contribution in [3.8, 4) is 0 Å². The van der Waals surface area contributed by atoms with Gasteiger partial charge in [0.25, 0.3) is 0 Å². The summed E-state index contributed by atoms with van der Waals surface area (Å²) in [6.45, 7) is 0.697. The van der Waals surface area contributed by atoms with E-state index >= 15 is 0 Å². The van der Waals surface area contributed by atoms with Crippen molar-refractivity contribution in [1.82, 2.24) is 0 Å². The third kappa shape index (κ3) is 2.15. The Labute approximate surface area is 64.2 Å². The fourth-order valence-corrected chi connectivity index (χ4v) is 1.17. The Morgan fingerprint density at radius 1 is 1.45 bits per heavy atom. The summed E-state index contributed by atoms with van der Waals surface area (Å²) in [6, 6.07) is 0. The minimum Gasteiger partial charge on any atom is -0.481 e. The maximum absolute atomic E-state index is 12.9. The number of aliphatic carboxylic acids is 1. The Bertz CT molecular complexity index is 149. The predicted octanol–water partition coefficient (Wildman–Crippen LogP) is 0.836. The van der Waals surface area contributed by atoms with Gasteiger partial charge in [-0.1, -0.05) is 0 Å². The van der Waals surface area contributed by atoms with E-state index in [1.807, 2.05) is 0 Å². The quantitative estimate of drug-likeness (QED) is 0.621. The number of hydrogen-bond donors (Lipinski definition) is 1. The lowest BCUT2D eigenvalue weighted by molar-refractivity contribution is -0.144. The third-order valence-electron chi connectivity index (χ3n) is 1.86. The van der Waals surface area contributed by atoms with Crippen molar-refractivity contribution in [2.45, 2.75) is 19.0 Å². The molecular formula is C7H11FO3. The third-order valence-corrected chi connectivity index (χ3v) is 1.86. The monoisotopic (exact) mass is 162 g/mol. The molecule has 4 heteroatoms. The predicted molar refractivity (Wildman–Crippen MR) is 36.1 cm³/mol. The van der Waals surface area contributed by atoms with Crippen molar-refractivity contribution in [2.24, 2.45) is 5.92 Å². The Morgan fingerprint density at radius 3 is 2.73 bits per heavy atom. The molecule has 0 saturated carbocycles. The highest BCUT2D eigenvalue weighted by atomic mass is 19.1. The van der Waals surface area contributed by atoms with Gasteiger partial charge in [-0.15, -0.1) is 0 Å².